The van der Waals surface area contributed by atoms with Crippen LogP contribution in [0.25, 0.3) is 6.08 Å². The first-order valence-electron chi connectivity index (χ1n) is 7.91. The maximum atomic E-state index is 12.2. The zero-order valence-corrected chi connectivity index (χ0v) is 17.5. The Labute approximate surface area is 173 Å². The van der Waals surface area contributed by atoms with Gasteiger partial charge in [0.1, 0.15) is 6.61 Å². The fourth-order valence-electron chi connectivity index (χ4n) is 2.42. The first-order chi connectivity index (χ1) is 13.0. The van der Waals surface area contributed by atoms with Crippen LogP contribution in [-0.4, -0.2) is 25.6 Å². The summed E-state index contributed by atoms with van der Waals surface area (Å²) in [7, 11) is 1.55. The van der Waals surface area contributed by atoms with Crippen LogP contribution in [-0.2, 0) is 9.53 Å². The molecule has 0 aliphatic carbocycles. The molecule has 0 spiro atoms. The largest absolute Gasteiger partial charge is 0.493 e. The minimum Gasteiger partial charge on any atom is -0.493 e. The van der Waals surface area contributed by atoms with Gasteiger partial charge in [0, 0.05) is 10.0 Å². The number of hydrogen-bond donors (Lipinski definition) is 0. The Morgan fingerprint density at radius 2 is 2.07 bits per heavy atom. The van der Waals surface area contributed by atoms with Crippen LogP contribution in [0, 0.1) is 0 Å². The van der Waals surface area contributed by atoms with Crippen LogP contribution < -0.4 is 9.47 Å². The maximum Gasteiger partial charge on any atom is 0.363 e. The fourth-order valence-corrected chi connectivity index (χ4v) is 3.39. The molecule has 0 saturated carbocycles. The van der Waals surface area contributed by atoms with Gasteiger partial charge in [-0.15, -0.1) is 0 Å². The lowest BCUT2D eigenvalue weighted by Gasteiger charge is -2.12. The van der Waals surface area contributed by atoms with E-state index in [4.69, 9.17) is 14.2 Å². The van der Waals surface area contributed by atoms with E-state index in [-0.39, 0.29) is 11.6 Å². The summed E-state index contributed by atoms with van der Waals surface area (Å²) in [6, 6.07) is 11.0. The predicted octanol–water partition coefficient (Wildman–Crippen LogP) is 5.13. The zero-order valence-electron chi connectivity index (χ0n) is 14.4. The quantitative estimate of drug-likeness (QED) is 0.318. The summed E-state index contributed by atoms with van der Waals surface area (Å²) in [4.78, 5) is 16.5. The number of carbonyl (C=O) groups excluding carboxylic acids is 1. The number of rotatable bonds is 6. The lowest BCUT2D eigenvalue weighted by Crippen LogP contribution is -2.05. The van der Waals surface area contributed by atoms with Crippen molar-refractivity contribution >= 4 is 49.8 Å². The molecule has 0 fully saturated rings. The van der Waals surface area contributed by atoms with E-state index in [1.54, 1.807) is 25.3 Å². The number of aliphatic imine (C=N–C) groups is 1. The van der Waals surface area contributed by atoms with E-state index < -0.39 is 5.97 Å². The van der Waals surface area contributed by atoms with Gasteiger partial charge in [0.25, 0.3) is 0 Å². The minimum absolute atomic E-state index is 0.207. The molecule has 1 heterocycles. The Kier molecular flexibility index (Phi) is 6.13. The smallest absolute Gasteiger partial charge is 0.363 e. The molecule has 2 aromatic rings. The van der Waals surface area contributed by atoms with Crippen molar-refractivity contribution < 1.29 is 19.0 Å². The Balaban J connectivity index is 1.95. The summed E-state index contributed by atoms with van der Waals surface area (Å²) in [5.41, 5.74) is 1.64. The molecule has 0 amide bonds. The van der Waals surface area contributed by atoms with Gasteiger partial charge in [-0.05, 0) is 57.9 Å². The first-order valence-corrected chi connectivity index (χ1v) is 9.50. The number of ether oxygens (including phenoxy) is 3. The number of esters is 1. The fraction of sp³-hybridized carbons (Fsp3) is 0.100. The average molecular weight is 493 g/mol. The number of benzene rings is 2. The molecule has 0 unspecified atom stereocenters. The molecule has 27 heavy (non-hydrogen) atoms. The molecule has 138 valence electrons. The van der Waals surface area contributed by atoms with E-state index in [1.807, 2.05) is 30.3 Å². The second kappa shape index (κ2) is 8.54. The van der Waals surface area contributed by atoms with Crippen molar-refractivity contribution in [1.29, 1.82) is 0 Å². The van der Waals surface area contributed by atoms with Gasteiger partial charge in [-0.25, -0.2) is 9.79 Å². The molecule has 0 radical (unpaired) electrons. The second-order valence-corrected chi connectivity index (χ2v) is 7.25. The molecular weight excluding hydrogens is 478 g/mol. The van der Waals surface area contributed by atoms with Crippen molar-refractivity contribution in [1.82, 2.24) is 0 Å². The summed E-state index contributed by atoms with van der Waals surface area (Å²) in [5, 5.41) is 0. The van der Waals surface area contributed by atoms with Gasteiger partial charge in [0.05, 0.1) is 11.6 Å². The van der Waals surface area contributed by atoms with Gasteiger partial charge in [-0.3, -0.25) is 0 Å². The Bertz CT molecular complexity index is 966. The second-order valence-electron chi connectivity index (χ2n) is 5.48. The summed E-state index contributed by atoms with van der Waals surface area (Å²) < 4.78 is 17.9. The molecule has 5 nitrogen and oxygen atoms in total. The third-order valence-electron chi connectivity index (χ3n) is 3.59. The topological polar surface area (TPSA) is 57.1 Å². The van der Waals surface area contributed by atoms with Crippen molar-refractivity contribution in [3.8, 4) is 11.5 Å². The van der Waals surface area contributed by atoms with Crippen LogP contribution in [0.5, 0.6) is 11.5 Å². The molecule has 0 atom stereocenters. The normalized spacial score (nSPS) is 14.7. The lowest BCUT2D eigenvalue weighted by atomic mass is 10.1. The molecule has 0 N–H and O–H groups in total. The van der Waals surface area contributed by atoms with Gasteiger partial charge in [-0.1, -0.05) is 34.7 Å². The highest BCUT2D eigenvalue weighted by atomic mass is 79.9. The van der Waals surface area contributed by atoms with Crippen molar-refractivity contribution in [3.05, 3.63) is 74.8 Å². The third kappa shape index (κ3) is 4.48. The molecular formula is C20H15Br2NO4. The van der Waals surface area contributed by atoms with E-state index in [0.29, 0.717) is 28.1 Å². The van der Waals surface area contributed by atoms with Gasteiger partial charge in [0.15, 0.2) is 17.2 Å². The van der Waals surface area contributed by atoms with Crippen molar-refractivity contribution in [2.45, 2.75) is 0 Å². The van der Waals surface area contributed by atoms with Crippen LogP contribution in [0.2, 0.25) is 0 Å². The Hall–Kier alpha value is -2.38. The highest BCUT2D eigenvalue weighted by Gasteiger charge is 2.24. The highest BCUT2D eigenvalue weighted by molar-refractivity contribution is 9.10. The standard InChI is InChI=1S/C20H15Br2NO4/c1-3-7-26-18-15(22)8-12(10-17(18)25-2)9-16-20(24)27-19(23-16)13-5-4-6-14(21)11-13/h3-6,8-11H,1,7H2,2H3/b16-9-. The number of halogens is 2. The number of hydrogen-bond acceptors (Lipinski definition) is 5. The predicted molar refractivity (Wildman–Crippen MR) is 111 cm³/mol. The Morgan fingerprint density at radius 1 is 1.26 bits per heavy atom. The van der Waals surface area contributed by atoms with E-state index >= 15 is 0 Å². The molecule has 2 aromatic carbocycles. The summed E-state index contributed by atoms with van der Waals surface area (Å²) in [6.07, 6.45) is 3.28. The minimum atomic E-state index is -0.507. The van der Waals surface area contributed by atoms with E-state index in [1.165, 1.54) is 0 Å². The molecule has 1 aliphatic rings. The molecule has 0 saturated heterocycles. The molecule has 1 aliphatic heterocycles. The Morgan fingerprint density at radius 3 is 2.78 bits per heavy atom. The zero-order chi connectivity index (χ0) is 19.4. The molecule has 7 heteroatoms. The SMILES string of the molecule is C=CCOc1c(Br)cc(/C=C2\N=C(c3cccc(Br)c3)OC2=O)cc1OC. The van der Waals surface area contributed by atoms with Crippen molar-refractivity contribution in [2.24, 2.45) is 4.99 Å². The summed E-state index contributed by atoms with van der Waals surface area (Å²) in [5.74, 6) is 0.851. The highest BCUT2D eigenvalue weighted by Crippen LogP contribution is 2.37. The monoisotopic (exact) mass is 491 g/mol. The van der Waals surface area contributed by atoms with Crippen LogP contribution in [0.4, 0.5) is 0 Å². The van der Waals surface area contributed by atoms with Gasteiger partial charge < -0.3 is 14.2 Å². The average Bonchev–Trinajstić information content (AvgIpc) is 3.01. The van der Waals surface area contributed by atoms with Crippen LogP contribution >= 0.6 is 31.9 Å². The van der Waals surface area contributed by atoms with Gasteiger partial charge in [0.2, 0.25) is 5.90 Å². The van der Waals surface area contributed by atoms with Crippen molar-refractivity contribution in [2.75, 3.05) is 13.7 Å². The summed E-state index contributed by atoms with van der Waals surface area (Å²) in [6.45, 7) is 3.98. The molecule has 3 rings (SSSR count). The molecule has 0 bridgehead atoms. The van der Waals surface area contributed by atoms with Crippen LogP contribution in [0.3, 0.4) is 0 Å². The number of methoxy groups -OCH3 is 1. The van der Waals surface area contributed by atoms with Crippen molar-refractivity contribution in [3.63, 3.8) is 0 Å². The van der Waals surface area contributed by atoms with E-state index in [2.05, 4.69) is 43.4 Å². The van der Waals surface area contributed by atoms with Crippen LogP contribution in [0.1, 0.15) is 11.1 Å². The van der Waals surface area contributed by atoms with E-state index in [0.717, 1.165) is 10.0 Å². The number of cyclic esters (lactones) is 1. The number of carbonyl (C=O) groups is 1. The summed E-state index contributed by atoms with van der Waals surface area (Å²) >= 11 is 6.86. The van der Waals surface area contributed by atoms with E-state index in [9.17, 15) is 4.79 Å². The van der Waals surface area contributed by atoms with Gasteiger partial charge in [-0.2, -0.15) is 0 Å². The number of nitrogens with zero attached hydrogens (tertiary/aromatic N) is 1. The first kappa shape index (κ1) is 19.4. The molecule has 0 aromatic heterocycles. The van der Waals surface area contributed by atoms with Gasteiger partial charge >= 0.3 is 5.97 Å². The maximum absolute atomic E-state index is 12.2. The van der Waals surface area contributed by atoms with Crippen LogP contribution in [0.15, 0.2) is 68.7 Å². The lowest BCUT2D eigenvalue weighted by molar-refractivity contribution is -0.129. The third-order valence-corrected chi connectivity index (χ3v) is 4.68.